The molecule has 0 fully saturated rings. The molecule has 0 heterocycles. The second-order valence-electron chi connectivity index (χ2n) is 5.76. The average molecular weight is 481 g/mol. The Kier molecular flexibility index (Phi) is 7.81. The van der Waals surface area contributed by atoms with E-state index in [1.165, 1.54) is 0 Å². The van der Waals surface area contributed by atoms with Crippen molar-refractivity contribution >= 4 is 44.7 Å². The number of esters is 1. The Morgan fingerprint density at radius 1 is 1.13 bits per heavy atom. The lowest BCUT2D eigenvalue weighted by atomic mass is 10.1. The normalized spacial score (nSPS) is 11.0. The lowest BCUT2D eigenvalue weighted by molar-refractivity contribution is -0.394. The summed E-state index contributed by atoms with van der Waals surface area (Å²) in [6.07, 6.45) is 0. The van der Waals surface area contributed by atoms with E-state index in [9.17, 15) is 25.0 Å². The predicted octanol–water partition coefficient (Wildman–Crippen LogP) is 4.04. The number of carbonyl (C=O) groups is 1. The first-order valence-electron chi connectivity index (χ1n) is 8.54. The number of nitro benzene ring substituents is 2. The van der Waals surface area contributed by atoms with Crippen molar-refractivity contribution in [2.45, 2.75) is 13.8 Å². The maximum absolute atomic E-state index is 11.5. The van der Waals surface area contributed by atoms with E-state index in [4.69, 9.17) is 9.47 Å². The average Bonchev–Trinajstić information content (AvgIpc) is 2.70. The number of anilines is 1. The molecule has 12 heteroatoms. The predicted molar refractivity (Wildman–Crippen MR) is 112 cm³/mol. The Morgan fingerprint density at radius 3 is 2.33 bits per heavy atom. The molecule has 30 heavy (non-hydrogen) atoms. The number of nitrogens with zero attached hydrogens (tertiary/aromatic N) is 3. The van der Waals surface area contributed by atoms with Crippen molar-refractivity contribution in [3.05, 3.63) is 66.7 Å². The number of nitrogens with one attached hydrogen (secondary N) is 1. The summed E-state index contributed by atoms with van der Waals surface area (Å²) in [5.41, 5.74) is 2.45. The Bertz CT molecular complexity index is 993. The zero-order valence-corrected chi connectivity index (χ0v) is 17.5. The van der Waals surface area contributed by atoms with Crippen LogP contribution in [0, 0.1) is 20.2 Å². The Balaban J connectivity index is 2.38. The molecule has 0 aliphatic carbocycles. The number of ether oxygens (including phenoxy) is 2. The van der Waals surface area contributed by atoms with Gasteiger partial charge in [-0.2, -0.15) is 5.10 Å². The number of benzene rings is 2. The summed E-state index contributed by atoms with van der Waals surface area (Å²) in [7, 11) is 0. The van der Waals surface area contributed by atoms with Crippen molar-refractivity contribution in [1.82, 2.24) is 0 Å². The quantitative estimate of drug-likeness (QED) is 0.244. The molecule has 1 N–H and O–H groups in total. The van der Waals surface area contributed by atoms with E-state index in [2.05, 4.69) is 26.5 Å². The fourth-order valence-electron chi connectivity index (χ4n) is 2.30. The third-order valence-electron chi connectivity index (χ3n) is 3.73. The zero-order chi connectivity index (χ0) is 22.3. The van der Waals surface area contributed by atoms with Crippen LogP contribution in [-0.2, 0) is 9.53 Å². The van der Waals surface area contributed by atoms with Crippen LogP contribution in [0.5, 0.6) is 5.75 Å². The zero-order valence-electron chi connectivity index (χ0n) is 16.0. The summed E-state index contributed by atoms with van der Waals surface area (Å²) in [5, 5.41) is 26.8. The molecule has 0 aliphatic heterocycles. The van der Waals surface area contributed by atoms with Crippen molar-refractivity contribution < 1.29 is 24.1 Å². The molecule has 11 nitrogen and oxygen atoms in total. The molecule has 0 radical (unpaired) electrons. The van der Waals surface area contributed by atoms with Crippen LogP contribution >= 0.6 is 15.9 Å². The molecule has 0 unspecified atom stereocenters. The minimum Gasteiger partial charge on any atom is -0.475 e. The van der Waals surface area contributed by atoms with Crippen LogP contribution in [0.3, 0.4) is 0 Å². The highest BCUT2D eigenvalue weighted by atomic mass is 79.9. The molecule has 0 atom stereocenters. The fourth-order valence-corrected chi connectivity index (χ4v) is 2.56. The van der Waals surface area contributed by atoms with Crippen LogP contribution in [-0.4, -0.2) is 34.7 Å². The fraction of sp³-hybridized carbons (Fsp3) is 0.222. The lowest BCUT2D eigenvalue weighted by Crippen LogP contribution is -2.15. The van der Waals surface area contributed by atoms with Crippen molar-refractivity contribution in [1.29, 1.82) is 0 Å². The minimum absolute atomic E-state index is 0.113. The Morgan fingerprint density at radius 2 is 1.77 bits per heavy atom. The summed E-state index contributed by atoms with van der Waals surface area (Å²) in [6.45, 7) is 2.81. The van der Waals surface area contributed by atoms with Gasteiger partial charge in [0.1, 0.15) is 11.8 Å². The summed E-state index contributed by atoms with van der Waals surface area (Å²) < 4.78 is 10.7. The molecule has 2 aromatic rings. The smallest absolute Gasteiger partial charge is 0.344 e. The van der Waals surface area contributed by atoms with Crippen LogP contribution in [0.2, 0.25) is 0 Å². The molecule has 0 aliphatic rings. The Hall–Kier alpha value is -3.54. The number of nitro groups is 2. The first-order valence-corrected chi connectivity index (χ1v) is 9.33. The van der Waals surface area contributed by atoms with Crippen LogP contribution in [0.25, 0.3) is 0 Å². The van der Waals surface area contributed by atoms with Crippen molar-refractivity contribution in [2.24, 2.45) is 5.10 Å². The molecule has 0 saturated heterocycles. The largest absolute Gasteiger partial charge is 0.475 e. The Labute approximate surface area is 179 Å². The second kappa shape index (κ2) is 10.3. The van der Waals surface area contributed by atoms with Gasteiger partial charge in [0, 0.05) is 10.5 Å². The summed E-state index contributed by atoms with van der Waals surface area (Å²) in [5.74, 6) is -1.07. The van der Waals surface area contributed by atoms with Gasteiger partial charge in [-0.1, -0.05) is 28.1 Å². The van der Waals surface area contributed by atoms with E-state index >= 15 is 0 Å². The van der Waals surface area contributed by atoms with Crippen molar-refractivity contribution in [3.8, 4) is 5.75 Å². The number of carbonyl (C=O) groups excluding carboxylic acids is 1. The third-order valence-corrected chi connectivity index (χ3v) is 4.26. The highest BCUT2D eigenvalue weighted by molar-refractivity contribution is 9.10. The van der Waals surface area contributed by atoms with Crippen LogP contribution in [0.4, 0.5) is 17.1 Å². The number of halogens is 1. The highest BCUT2D eigenvalue weighted by Crippen LogP contribution is 2.37. The van der Waals surface area contributed by atoms with Crippen LogP contribution in [0.15, 0.2) is 46.0 Å². The second-order valence-corrected chi connectivity index (χ2v) is 6.68. The summed E-state index contributed by atoms with van der Waals surface area (Å²) in [4.78, 5) is 32.5. The molecule has 0 bridgehead atoms. The van der Waals surface area contributed by atoms with E-state index in [1.54, 1.807) is 26.0 Å². The van der Waals surface area contributed by atoms with Gasteiger partial charge in [0.15, 0.2) is 12.4 Å². The molecule has 2 rings (SSSR count). The number of hydrazone groups is 1. The van der Waals surface area contributed by atoms with Crippen molar-refractivity contribution in [3.63, 3.8) is 0 Å². The first kappa shape index (κ1) is 22.7. The van der Waals surface area contributed by atoms with Crippen LogP contribution < -0.4 is 10.2 Å². The molecule has 0 spiro atoms. The molecule has 0 amide bonds. The SMILES string of the molecule is CCOC(=O)COc1cc(N/N=C(\C)c2ccc(Br)cc2)c([N+](=O)[O-])cc1[N+](=O)[O-]. The minimum atomic E-state index is -0.840. The van der Waals surface area contributed by atoms with Crippen molar-refractivity contribution in [2.75, 3.05) is 18.6 Å². The van der Waals surface area contributed by atoms with E-state index in [0.717, 1.165) is 22.2 Å². The maximum Gasteiger partial charge on any atom is 0.344 e. The molecule has 158 valence electrons. The van der Waals surface area contributed by atoms with Gasteiger partial charge in [0.25, 0.3) is 0 Å². The summed E-state index contributed by atoms with van der Waals surface area (Å²) >= 11 is 3.32. The molecule has 0 saturated carbocycles. The van der Waals surface area contributed by atoms with Crippen LogP contribution in [0.1, 0.15) is 19.4 Å². The first-order chi connectivity index (χ1) is 14.2. The number of hydrogen-bond donors (Lipinski definition) is 1. The van der Waals surface area contributed by atoms with Gasteiger partial charge in [0.2, 0.25) is 0 Å². The van der Waals surface area contributed by atoms with Gasteiger partial charge in [-0.25, -0.2) is 4.79 Å². The van der Waals surface area contributed by atoms with Gasteiger partial charge in [0.05, 0.1) is 22.2 Å². The van der Waals surface area contributed by atoms with Gasteiger partial charge in [-0.05, 0) is 31.5 Å². The van der Waals surface area contributed by atoms with Gasteiger partial charge in [-0.3, -0.25) is 25.7 Å². The molecular weight excluding hydrogens is 464 g/mol. The van der Waals surface area contributed by atoms with E-state index in [-0.39, 0.29) is 18.0 Å². The number of rotatable bonds is 9. The van der Waals surface area contributed by atoms with Gasteiger partial charge in [-0.15, -0.1) is 0 Å². The van der Waals surface area contributed by atoms with E-state index in [1.807, 2.05) is 12.1 Å². The highest BCUT2D eigenvalue weighted by Gasteiger charge is 2.26. The number of hydrogen-bond acceptors (Lipinski definition) is 9. The topological polar surface area (TPSA) is 146 Å². The third kappa shape index (κ3) is 5.98. The lowest BCUT2D eigenvalue weighted by Gasteiger charge is -2.09. The van der Waals surface area contributed by atoms with E-state index in [0.29, 0.717) is 5.71 Å². The summed E-state index contributed by atoms with van der Waals surface area (Å²) in [6, 6.07) is 9.00. The van der Waals surface area contributed by atoms with Gasteiger partial charge < -0.3 is 9.47 Å². The molecule has 2 aromatic carbocycles. The molecule has 0 aromatic heterocycles. The van der Waals surface area contributed by atoms with Gasteiger partial charge >= 0.3 is 17.3 Å². The standard InChI is InChI=1S/C18H17BrN4O7/c1-3-29-18(24)10-30-17-8-14(15(22(25)26)9-16(17)23(27)28)21-20-11(2)12-4-6-13(19)7-5-12/h4-9,21H,3,10H2,1-2H3/b20-11+. The maximum atomic E-state index is 11.5. The molecular formula is C18H17BrN4O7. The van der Waals surface area contributed by atoms with E-state index < -0.39 is 33.8 Å². The monoisotopic (exact) mass is 480 g/mol.